The number of nitrogens with two attached hydrogens (primary N) is 2. The van der Waals surface area contributed by atoms with E-state index in [-0.39, 0.29) is 11.5 Å². The molecule has 4 atom stereocenters. The van der Waals surface area contributed by atoms with Crippen molar-refractivity contribution < 1.29 is 29.4 Å². The Balaban J connectivity index is 1.96. The van der Waals surface area contributed by atoms with Crippen molar-refractivity contribution in [3.63, 3.8) is 0 Å². The van der Waals surface area contributed by atoms with Gasteiger partial charge in [-0.2, -0.15) is 0 Å². The molecule has 0 amide bonds. The van der Waals surface area contributed by atoms with Gasteiger partial charge in [0.05, 0.1) is 12.1 Å². The van der Waals surface area contributed by atoms with Gasteiger partial charge < -0.3 is 32.3 Å². The van der Waals surface area contributed by atoms with E-state index < -0.39 is 46.7 Å². The molecule has 12 heteroatoms. The van der Waals surface area contributed by atoms with E-state index in [0.717, 1.165) is 34.4 Å². The quantitative estimate of drug-likeness (QED) is 0.127. The van der Waals surface area contributed by atoms with E-state index in [1.54, 1.807) is 0 Å². The highest BCUT2D eigenvalue weighted by molar-refractivity contribution is 8.76. The molecule has 0 saturated carbocycles. The molecule has 0 radical (unpaired) electrons. The van der Waals surface area contributed by atoms with Crippen molar-refractivity contribution in [1.82, 2.24) is 10.6 Å². The molecule has 2 aliphatic rings. The first-order chi connectivity index (χ1) is 13.1. The average molecular weight is 435 g/mol. The number of carboxylic acid groups (broad SMARTS) is 2. The molecule has 2 heterocycles. The molecule has 2 saturated heterocycles. The van der Waals surface area contributed by atoms with Crippen LogP contribution in [0.5, 0.6) is 0 Å². The molecule has 10 nitrogen and oxygen atoms in total. The Bertz CT molecular complexity index is 585. The second-order valence-corrected chi connectivity index (χ2v) is 9.57. The molecule has 158 valence electrons. The molecule has 2 fully saturated rings. The Morgan fingerprint density at radius 2 is 1.18 bits per heavy atom. The number of aliphatic carboxylic acids is 2. The standard InChI is InChI=1S/C16H26N4O6S2/c17-15(13(23)24,11(21)9-3-1-5-19-9)7-27-28-8-16(18,14(25)26)12(22)10-4-2-6-20-10/h9-10,19-20H,1-8,17-18H2,(H,23,24)(H,25,26)/t9-,10-,15?,16?/m0/s1. The molecule has 28 heavy (non-hydrogen) atoms. The highest BCUT2D eigenvalue weighted by Gasteiger charge is 2.48. The highest BCUT2D eigenvalue weighted by Crippen LogP contribution is 2.30. The molecule has 0 spiro atoms. The van der Waals surface area contributed by atoms with E-state index in [1.165, 1.54) is 0 Å². The summed E-state index contributed by atoms with van der Waals surface area (Å²) in [6.45, 7) is 1.25. The molecule has 2 rings (SSSR count). The Morgan fingerprint density at radius 1 is 0.821 bits per heavy atom. The first kappa shape index (κ1) is 23.1. The second-order valence-electron chi connectivity index (χ2n) is 7.10. The van der Waals surface area contributed by atoms with Crippen LogP contribution in [0.3, 0.4) is 0 Å². The fraction of sp³-hybridized carbons (Fsp3) is 0.750. The largest absolute Gasteiger partial charge is 0.480 e. The summed E-state index contributed by atoms with van der Waals surface area (Å²) in [5, 5.41) is 24.8. The van der Waals surface area contributed by atoms with E-state index in [0.29, 0.717) is 25.9 Å². The van der Waals surface area contributed by atoms with Crippen LogP contribution >= 0.6 is 21.6 Å². The zero-order chi connectivity index (χ0) is 20.9. The van der Waals surface area contributed by atoms with Crippen LogP contribution in [-0.4, -0.2) is 81.5 Å². The number of carbonyl (C=O) groups is 4. The van der Waals surface area contributed by atoms with Crippen LogP contribution in [0.15, 0.2) is 0 Å². The Hall–Kier alpha value is -1.18. The predicted molar refractivity (Wildman–Crippen MR) is 106 cm³/mol. The molecular formula is C16H26N4O6S2. The van der Waals surface area contributed by atoms with Crippen molar-refractivity contribution in [2.24, 2.45) is 11.5 Å². The number of carbonyl (C=O) groups excluding carboxylic acids is 2. The smallest absolute Gasteiger partial charge is 0.332 e. The third-order valence-electron chi connectivity index (χ3n) is 5.05. The number of carboxylic acids is 2. The lowest BCUT2D eigenvalue weighted by atomic mass is 9.91. The molecule has 0 aromatic rings. The minimum absolute atomic E-state index is 0.268. The van der Waals surface area contributed by atoms with E-state index in [2.05, 4.69) is 10.6 Å². The van der Waals surface area contributed by atoms with E-state index in [1.807, 2.05) is 0 Å². The molecular weight excluding hydrogens is 408 g/mol. The highest BCUT2D eigenvalue weighted by atomic mass is 33.1. The summed E-state index contributed by atoms with van der Waals surface area (Å²) in [4.78, 5) is 48.3. The van der Waals surface area contributed by atoms with Gasteiger partial charge in [-0.25, -0.2) is 9.59 Å². The van der Waals surface area contributed by atoms with Crippen LogP contribution in [0.4, 0.5) is 0 Å². The van der Waals surface area contributed by atoms with Crippen molar-refractivity contribution in [2.75, 3.05) is 24.6 Å². The monoisotopic (exact) mass is 434 g/mol. The van der Waals surface area contributed by atoms with Gasteiger partial charge in [-0.15, -0.1) is 0 Å². The van der Waals surface area contributed by atoms with E-state index >= 15 is 0 Å². The van der Waals surface area contributed by atoms with Gasteiger partial charge in [0, 0.05) is 11.5 Å². The number of hydrogen-bond acceptors (Lipinski definition) is 10. The van der Waals surface area contributed by atoms with Gasteiger partial charge >= 0.3 is 11.9 Å². The minimum Gasteiger partial charge on any atom is -0.480 e. The summed E-state index contributed by atoms with van der Waals surface area (Å²) >= 11 is 0. The fourth-order valence-electron chi connectivity index (χ4n) is 3.18. The number of ketones is 2. The van der Waals surface area contributed by atoms with Gasteiger partial charge in [-0.1, -0.05) is 21.6 Å². The molecule has 0 aliphatic carbocycles. The molecule has 2 aliphatic heterocycles. The lowest BCUT2D eigenvalue weighted by Gasteiger charge is -2.27. The van der Waals surface area contributed by atoms with Crippen molar-refractivity contribution in [3.8, 4) is 0 Å². The minimum atomic E-state index is -2.10. The van der Waals surface area contributed by atoms with Crippen molar-refractivity contribution in [2.45, 2.75) is 48.8 Å². The maximum absolute atomic E-state index is 12.5. The molecule has 0 aromatic carbocycles. The second kappa shape index (κ2) is 9.55. The first-order valence-electron chi connectivity index (χ1n) is 8.97. The van der Waals surface area contributed by atoms with Crippen molar-refractivity contribution in [3.05, 3.63) is 0 Å². The SMILES string of the molecule is NC(CSSCC(N)(C(=O)O)C(=O)[C@@H]1CCCN1)(C(=O)O)C(=O)[C@@H]1CCCN1. The van der Waals surface area contributed by atoms with Gasteiger partial charge in [-0.05, 0) is 38.8 Å². The van der Waals surface area contributed by atoms with Crippen molar-refractivity contribution >= 4 is 45.1 Å². The molecule has 0 bridgehead atoms. The number of hydrogen-bond donors (Lipinski definition) is 6. The lowest BCUT2D eigenvalue weighted by molar-refractivity contribution is -0.149. The summed E-state index contributed by atoms with van der Waals surface area (Å²) < 4.78 is 0. The summed E-state index contributed by atoms with van der Waals surface area (Å²) in [6, 6.07) is -1.20. The van der Waals surface area contributed by atoms with Crippen LogP contribution in [0.25, 0.3) is 0 Å². The summed E-state index contributed by atoms with van der Waals surface area (Å²) in [7, 11) is 1.85. The Morgan fingerprint density at radius 3 is 1.43 bits per heavy atom. The van der Waals surface area contributed by atoms with Crippen molar-refractivity contribution in [1.29, 1.82) is 0 Å². The van der Waals surface area contributed by atoms with Crippen LogP contribution < -0.4 is 22.1 Å². The Labute approximate surface area is 170 Å². The molecule has 0 aromatic heterocycles. The van der Waals surface area contributed by atoms with Gasteiger partial charge in [0.2, 0.25) is 0 Å². The summed E-state index contributed by atoms with van der Waals surface area (Å²) in [5.41, 5.74) is 7.57. The fourth-order valence-corrected chi connectivity index (χ4v) is 5.87. The average Bonchev–Trinajstić information content (AvgIpc) is 3.36. The van der Waals surface area contributed by atoms with Gasteiger partial charge in [0.1, 0.15) is 0 Å². The van der Waals surface area contributed by atoms with Crippen LogP contribution in [0.1, 0.15) is 25.7 Å². The number of rotatable bonds is 11. The van der Waals surface area contributed by atoms with Gasteiger partial charge in [0.15, 0.2) is 22.6 Å². The zero-order valence-electron chi connectivity index (χ0n) is 15.3. The molecule has 8 N–H and O–H groups in total. The predicted octanol–water partition coefficient (Wildman–Crippen LogP) is -1.43. The van der Waals surface area contributed by atoms with Crippen LogP contribution in [0.2, 0.25) is 0 Å². The van der Waals surface area contributed by atoms with Gasteiger partial charge in [-0.3, -0.25) is 9.59 Å². The number of nitrogens with one attached hydrogen (secondary N) is 2. The third kappa shape index (κ3) is 4.86. The third-order valence-corrected chi connectivity index (χ3v) is 7.57. The summed E-state index contributed by atoms with van der Waals surface area (Å²) in [5.74, 6) is -4.63. The maximum Gasteiger partial charge on any atom is 0.332 e. The first-order valence-corrected chi connectivity index (χ1v) is 11.5. The maximum atomic E-state index is 12.5. The summed E-state index contributed by atoms with van der Waals surface area (Å²) in [6.07, 6.45) is 2.58. The Kier molecular flexibility index (Phi) is 7.88. The van der Waals surface area contributed by atoms with Gasteiger partial charge in [0.25, 0.3) is 0 Å². The molecule has 2 unspecified atom stereocenters. The van der Waals surface area contributed by atoms with Crippen LogP contribution in [0, 0.1) is 0 Å². The van der Waals surface area contributed by atoms with E-state index in [4.69, 9.17) is 11.5 Å². The zero-order valence-corrected chi connectivity index (χ0v) is 16.9. The number of Topliss-reactive ketones (excluding diaryl/α,β-unsaturated/α-hetero) is 2. The lowest BCUT2D eigenvalue weighted by Crippen LogP contribution is -2.62. The van der Waals surface area contributed by atoms with Crippen LogP contribution in [-0.2, 0) is 19.2 Å². The topological polar surface area (TPSA) is 185 Å². The normalized spacial score (nSPS) is 26.4. The van der Waals surface area contributed by atoms with E-state index in [9.17, 15) is 29.4 Å².